The van der Waals surface area contributed by atoms with Gasteiger partial charge < -0.3 is 0 Å². The molecular weight excluding hydrogens is 168 g/mol. The fourth-order valence-corrected chi connectivity index (χ4v) is 6.17. The van der Waals surface area contributed by atoms with Crippen molar-refractivity contribution < 1.29 is 0 Å². The Labute approximate surface area is 83.3 Å². The van der Waals surface area contributed by atoms with Crippen LogP contribution in [0.1, 0.15) is 23.0 Å². The Morgan fingerprint density at radius 1 is 0.571 bits per heavy atom. The Kier molecular flexibility index (Phi) is 0.592. The molecule has 7 rings (SSSR count). The molecule has 2 unspecified atom stereocenters. The van der Waals surface area contributed by atoms with Gasteiger partial charge in [-0.2, -0.15) is 0 Å². The zero-order chi connectivity index (χ0) is 8.60. The first-order valence-corrected chi connectivity index (χ1v) is 6.07. The van der Waals surface area contributed by atoms with Gasteiger partial charge in [0.15, 0.2) is 0 Å². The maximum atomic E-state index is 2.43. The molecule has 2 bridgehead atoms. The molecule has 6 aliphatic carbocycles. The molecule has 0 heterocycles. The number of benzene rings is 1. The molecule has 4 fully saturated rings. The van der Waals surface area contributed by atoms with Crippen LogP contribution in [-0.2, 0) is 0 Å². The average molecular weight is 180 g/mol. The molecule has 1 aromatic carbocycles. The first-order valence-electron chi connectivity index (χ1n) is 6.07. The van der Waals surface area contributed by atoms with Gasteiger partial charge in [-0.25, -0.2) is 0 Å². The van der Waals surface area contributed by atoms with E-state index in [0.717, 1.165) is 35.5 Å². The molecule has 0 amide bonds. The van der Waals surface area contributed by atoms with Gasteiger partial charge in [-0.05, 0) is 58.5 Å². The van der Waals surface area contributed by atoms with Crippen LogP contribution >= 0.6 is 0 Å². The third-order valence-electron chi connectivity index (χ3n) is 6.20. The zero-order valence-corrected chi connectivity index (χ0v) is 7.93. The van der Waals surface area contributed by atoms with Crippen LogP contribution in [-0.4, -0.2) is 0 Å². The average Bonchev–Trinajstić information content (AvgIpc) is 3.06. The molecular formula is C14H12. The Morgan fingerprint density at radius 2 is 1.00 bits per heavy atom. The summed E-state index contributed by atoms with van der Waals surface area (Å²) in [5.41, 5.74) is 3.53. The predicted molar refractivity (Wildman–Crippen MR) is 52.9 cm³/mol. The maximum Gasteiger partial charge on any atom is -0.00908 e. The Bertz CT molecular complexity index is 424. The largest absolute Gasteiger partial charge is 0.0620 e. The Hall–Kier alpha value is -0.780. The van der Waals surface area contributed by atoms with Crippen molar-refractivity contribution in [3.05, 3.63) is 35.4 Å². The summed E-state index contributed by atoms with van der Waals surface area (Å²) in [7, 11) is 0. The van der Waals surface area contributed by atoms with Gasteiger partial charge in [0.1, 0.15) is 0 Å². The molecule has 1 aromatic rings. The zero-order valence-electron chi connectivity index (χ0n) is 7.93. The van der Waals surface area contributed by atoms with Crippen LogP contribution in [0.15, 0.2) is 24.3 Å². The lowest BCUT2D eigenvalue weighted by molar-refractivity contribution is 0.320. The van der Waals surface area contributed by atoms with Crippen molar-refractivity contribution in [2.45, 2.75) is 11.8 Å². The SMILES string of the molecule is c1ccc2c(c1)C1[C@@H]3C4C5[C@@H]1[C@H]5C2[C@@H]43. The van der Waals surface area contributed by atoms with Crippen molar-refractivity contribution in [1.29, 1.82) is 0 Å². The quantitative estimate of drug-likeness (QED) is 0.575. The van der Waals surface area contributed by atoms with E-state index in [4.69, 9.17) is 0 Å². The van der Waals surface area contributed by atoms with Crippen molar-refractivity contribution in [2.24, 2.45) is 35.5 Å². The van der Waals surface area contributed by atoms with Crippen molar-refractivity contribution in [3.63, 3.8) is 0 Å². The minimum atomic E-state index is 1.03. The van der Waals surface area contributed by atoms with Crippen molar-refractivity contribution in [3.8, 4) is 0 Å². The van der Waals surface area contributed by atoms with E-state index in [1.165, 1.54) is 11.8 Å². The van der Waals surface area contributed by atoms with Gasteiger partial charge in [0.25, 0.3) is 0 Å². The van der Waals surface area contributed by atoms with E-state index in [9.17, 15) is 0 Å². The van der Waals surface area contributed by atoms with Gasteiger partial charge in [-0.1, -0.05) is 24.3 Å². The monoisotopic (exact) mass is 180 g/mol. The van der Waals surface area contributed by atoms with Crippen LogP contribution in [0.25, 0.3) is 0 Å². The summed E-state index contributed by atoms with van der Waals surface area (Å²) in [6.45, 7) is 0. The fraction of sp³-hybridized carbons (Fsp3) is 0.571. The lowest BCUT2D eigenvalue weighted by Crippen LogP contribution is -2.26. The summed E-state index contributed by atoms with van der Waals surface area (Å²) in [5.74, 6) is 9.11. The molecule has 0 heteroatoms. The molecule has 4 saturated carbocycles. The molecule has 0 N–H and O–H groups in total. The molecule has 0 radical (unpaired) electrons. The highest BCUT2D eigenvalue weighted by Crippen LogP contribution is 2.94. The number of rotatable bonds is 0. The summed E-state index contributed by atoms with van der Waals surface area (Å²) in [6.07, 6.45) is 0. The minimum Gasteiger partial charge on any atom is -0.0620 e. The lowest BCUT2D eigenvalue weighted by atomic mass is 9.67. The van der Waals surface area contributed by atoms with Gasteiger partial charge >= 0.3 is 0 Å². The van der Waals surface area contributed by atoms with Gasteiger partial charge in [0.2, 0.25) is 0 Å². The van der Waals surface area contributed by atoms with Gasteiger partial charge in [-0.3, -0.25) is 0 Å². The summed E-state index contributed by atoms with van der Waals surface area (Å²) in [6, 6.07) is 9.36. The first-order chi connectivity index (χ1) is 6.98. The van der Waals surface area contributed by atoms with E-state index in [-0.39, 0.29) is 0 Å². The number of hydrogen-bond acceptors (Lipinski definition) is 0. The van der Waals surface area contributed by atoms with Crippen LogP contribution in [0, 0.1) is 35.5 Å². The van der Waals surface area contributed by atoms with Crippen LogP contribution in [0.2, 0.25) is 0 Å². The molecule has 0 nitrogen and oxygen atoms in total. The van der Waals surface area contributed by atoms with Crippen LogP contribution in [0.3, 0.4) is 0 Å². The van der Waals surface area contributed by atoms with Crippen molar-refractivity contribution >= 4 is 0 Å². The highest BCUT2D eigenvalue weighted by Gasteiger charge is 2.88. The standard InChI is InChI=1S/C14H12/c1-2-4-6-5(3-1)7-9-11-8(6)12-10(7)14(12)13(9)11/h1-4,7-14H/t7?,8?,9-,10-,11+,12+,13?,14?. The first kappa shape index (κ1) is 5.95. The molecule has 0 aromatic heterocycles. The fourth-order valence-electron chi connectivity index (χ4n) is 6.17. The highest BCUT2D eigenvalue weighted by atomic mass is 14.9. The maximum absolute atomic E-state index is 2.43. The normalized spacial score (nSPS) is 66.6. The van der Waals surface area contributed by atoms with E-state index in [1.807, 2.05) is 0 Å². The minimum absolute atomic E-state index is 1.03. The molecule has 14 heavy (non-hydrogen) atoms. The lowest BCUT2D eigenvalue weighted by Gasteiger charge is -2.37. The number of hydrogen-bond donors (Lipinski definition) is 0. The van der Waals surface area contributed by atoms with E-state index in [1.54, 1.807) is 11.1 Å². The summed E-state index contributed by atoms with van der Waals surface area (Å²) < 4.78 is 0. The Balaban J connectivity index is 1.80. The van der Waals surface area contributed by atoms with Crippen LogP contribution in [0.4, 0.5) is 0 Å². The van der Waals surface area contributed by atoms with Crippen LogP contribution in [0.5, 0.6) is 0 Å². The highest BCUT2D eigenvalue weighted by molar-refractivity contribution is 5.55. The Morgan fingerprint density at radius 3 is 1.43 bits per heavy atom. The van der Waals surface area contributed by atoms with E-state index in [0.29, 0.717) is 0 Å². The predicted octanol–water partition coefficient (Wildman–Crippen LogP) is 2.62. The van der Waals surface area contributed by atoms with Crippen molar-refractivity contribution in [2.75, 3.05) is 0 Å². The summed E-state index contributed by atoms with van der Waals surface area (Å²) in [5, 5.41) is 0. The van der Waals surface area contributed by atoms with E-state index in [2.05, 4.69) is 24.3 Å². The molecule has 6 atom stereocenters. The van der Waals surface area contributed by atoms with Crippen LogP contribution < -0.4 is 0 Å². The second-order valence-corrected chi connectivity index (χ2v) is 6.14. The van der Waals surface area contributed by atoms with Gasteiger partial charge in [-0.15, -0.1) is 0 Å². The third-order valence-corrected chi connectivity index (χ3v) is 6.20. The summed E-state index contributed by atoms with van der Waals surface area (Å²) in [4.78, 5) is 0. The molecule has 68 valence electrons. The van der Waals surface area contributed by atoms with E-state index < -0.39 is 0 Å². The van der Waals surface area contributed by atoms with Gasteiger partial charge in [0, 0.05) is 0 Å². The second kappa shape index (κ2) is 1.39. The second-order valence-electron chi connectivity index (χ2n) is 6.14. The van der Waals surface area contributed by atoms with E-state index >= 15 is 0 Å². The molecule has 0 saturated heterocycles. The topological polar surface area (TPSA) is 0 Å². The molecule has 0 spiro atoms. The van der Waals surface area contributed by atoms with Gasteiger partial charge in [0.05, 0.1) is 0 Å². The molecule has 0 aliphatic heterocycles. The van der Waals surface area contributed by atoms with Crippen molar-refractivity contribution in [1.82, 2.24) is 0 Å². The third kappa shape index (κ3) is 0.346. The molecule has 6 aliphatic rings. The smallest absolute Gasteiger partial charge is 0.00908 e. The summed E-state index contributed by atoms with van der Waals surface area (Å²) >= 11 is 0.